The molecule has 0 amide bonds. The van der Waals surface area contributed by atoms with Crippen LogP contribution in [0, 0.1) is 11.7 Å². The summed E-state index contributed by atoms with van der Waals surface area (Å²) in [6.07, 6.45) is 4.63. The lowest BCUT2D eigenvalue weighted by molar-refractivity contribution is -0.149. The summed E-state index contributed by atoms with van der Waals surface area (Å²) >= 11 is 0. The van der Waals surface area contributed by atoms with E-state index in [1.807, 2.05) is 13.8 Å². The van der Waals surface area contributed by atoms with Crippen molar-refractivity contribution < 1.29 is 18.7 Å². The number of rotatable bonds is 7. The minimum absolute atomic E-state index is 0. The molecule has 1 aromatic carbocycles. The number of aliphatic imine (C=N–C) groups is 1. The Morgan fingerprint density at radius 3 is 2.69 bits per heavy atom. The van der Waals surface area contributed by atoms with Crippen LogP contribution in [-0.2, 0) is 16.1 Å². The van der Waals surface area contributed by atoms with Gasteiger partial charge in [-0.1, -0.05) is 6.07 Å². The average Bonchev–Trinajstić information content (AvgIpc) is 2.79. The normalized spacial score (nSPS) is 14.5. The number of likely N-dealkylation sites (tertiary alicyclic amines) is 1. The fraction of sp³-hybridized carbons (Fsp3) is 0.435. The second kappa shape index (κ2) is 13.2. The molecule has 0 radical (unpaired) electrons. The summed E-state index contributed by atoms with van der Waals surface area (Å²) < 4.78 is 25.2. The van der Waals surface area contributed by atoms with E-state index in [9.17, 15) is 9.18 Å². The van der Waals surface area contributed by atoms with Crippen LogP contribution < -0.4 is 10.1 Å². The van der Waals surface area contributed by atoms with Gasteiger partial charge in [0.2, 0.25) is 0 Å². The van der Waals surface area contributed by atoms with Crippen molar-refractivity contribution in [3.05, 3.63) is 54.1 Å². The molecular formula is C23H30FIN4O3. The summed E-state index contributed by atoms with van der Waals surface area (Å²) in [5.41, 5.74) is 0.743. The van der Waals surface area contributed by atoms with Gasteiger partial charge in [0.15, 0.2) is 17.5 Å². The minimum Gasteiger partial charge on any atom is -0.466 e. The molecule has 1 fully saturated rings. The van der Waals surface area contributed by atoms with E-state index in [0.717, 1.165) is 44.0 Å². The number of pyridine rings is 1. The van der Waals surface area contributed by atoms with Crippen molar-refractivity contribution >= 4 is 35.9 Å². The fourth-order valence-corrected chi connectivity index (χ4v) is 3.44. The third-order valence-electron chi connectivity index (χ3n) is 5.02. The zero-order valence-electron chi connectivity index (χ0n) is 18.4. The zero-order valence-corrected chi connectivity index (χ0v) is 20.8. The van der Waals surface area contributed by atoms with Gasteiger partial charge in [0, 0.05) is 25.8 Å². The Kier molecular flexibility index (Phi) is 10.6. The van der Waals surface area contributed by atoms with Crippen LogP contribution >= 0.6 is 24.0 Å². The number of carbonyl (C=O) groups excluding carboxylic acids is 1. The molecule has 3 rings (SSSR count). The molecule has 2 heterocycles. The van der Waals surface area contributed by atoms with Crippen LogP contribution in [0.25, 0.3) is 0 Å². The van der Waals surface area contributed by atoms with Crippen LogP contribution in [0.3, 0.4) is 0 Å². The molecule has 7 nitrogen and oxygen atoms in total. The van der Waals surface area contributed by atoms with Crippen LogP contribution in [-0.4, -0.2) is 48.1 Å². The summed E-state index contributed by atoms with van der Waals surface area (Å²) in [4.78, 5) is 22.7. The van der Waals surface area contributed by atoms with Gasteiger partial charge < -0.3 is 19.7 Å². The SMILES string of the molecule is CCNC(=NCc1ccc(Oc2cccnc2)c(F)c1)N1CCC(C(=O)OCC)CC1.I. The van der Waals surface area contributed by atoms with E-state index >= 15 is 0 Å². The summed E-state index contributed by atoms with van der Waals surface area (Å²) in [5, 5.41) is 3.28. The van der Waals surface area contributed by atoms with Gasteiger partial charge in [-0.15, -0.1) is 24.0 Å². The van der Waals surface area contributed by atoms with E-state index in [4.69, 9.17) is 9.47 Å². The molecule has 1 aliphatic heterocycles. The summed E-state index contributed by atoms with van der Waals surface area (Å²) in [7, 11) is 0. The van der Waals surface area contributed by atoms with Crippen LogP contribution in [0.5, 0.6) is 11.5 Å². The highest BCUT2D eigenvalue weighted by Gasteiger charge is 2.27. The molecule has 0 aliphatic carbocycles. The number of guanidine groups is 1. The van der Waals surface area contributed by atoms with Crippen molar-refractivity contribution in [1.29, 1.82) is 0 Å². The Hall–Kier alpha value is -2.43. The lowest BCUT2D eigenvalue weighted by atomic mass is 9.97. The van der Waals surface area contributed by atoms with Gasteiger partial charge in [0.1, 0.15) is 5.75 Å². The first kappa shape index (κ1) is 25.8. The maximum atomic E-state index is 14.5. The number of carbonyl (C=O) groups is 1. The first-order valence-electron chi connectivity index (χ1n) is 10.7. The monoisotopic (exact) mass is 556 g/mol. The number of ether oxygens (including phenoxy) is 2. The maximum Gasteiger partial charge on any atom is 0.309 e. The third kappa shape index (κ3) is 7.32. The van der Waals surface area contributed by atoms with Gasteiger partial charge in [0.05, 0.1) is 25.3 Å². The molecule has 32 heavy (non-hydrogen) atoms. The second-order valence-corrected chi connectivity index (χ2v) is 7.24. The van der Waals surface area contributed by atoms with E-state index in [1.54, 1.807) is 30.5 Å². The van der Waals surface area contributed by atoms with E-state index < -0.39 is 5.82 Å². The van der Waals surface area contributed by atoms with Crippen LogP contribution in [0.1, 0.15) is 32.3 Å². The van der Waals surface area contributed by atoms with Crippen LogP contribution in [0.15, 0.2) is 47.7 Å². The topological polar surface area (TPSA) is 76.1 Å². The molecule has 174 valence electrons. The molecule has 0 atom stereocenters. The lowest BCUT2D eigenvalue weighted by Gasteiger charge is -2.33. The Balaban J connectivity index is 0.00000363. The largest absolute Gasteiger partial charge is 0.466 e. The van der Waals surface area contributed by atoms with Gasteiger partial charge in [-0.3, -0.25) is 9.78 Å². The Labute approximate surface area is 205 Å². The second-order valence-electron chi connectivity index (χ2n) is 7.24. The minimum atomic E-state index is -0.447. The van der Waals surface area contributed by atoms with Crippen molar-refractivity contribution in [2.45, 2.75) is 33.2 Å². The quantitative estimate of drug-likeness (QED) is 0.236. The van der Waals surface area contributed by atoms with Crippen molar-refractivity contribution in [2.75, 3.05) is 26.2 Å². The van der Waals surface area contributed by atoms with Crippen molar-refractivity contribution in [3.63, 3.8) is 0 Å². The number of esters is 1. The van der Waals surface area contributed by atoms with Crippen LogP contribution in [0.4, 0.5) is 4.39 Å². The van der Waals surface area contributed by atoms with Gasteiger partial charge in [0.25, 0.3) is 0 Å². The van der Waals surface area contributed by atoms with Gasteiger partial charge >= 0.3 is 5.97 Å². The predicted octanol–water partition coefficient (Wildman–Crippen LogP) is 4.37. The molecule has 0 bridgehead atoms. The number of benzene rings is 1. The van der Waals surface area contributed by atoms with Crippen molar-refractivity contribution in [3.8, 4) is 11.5 Å². The average molecular weight is 556 g/mol. The summed E-state index contributed by atoms with van der Waals surface area (Å²) in [5.74, 6) is 0.771. The molecule has 1 saturated heterocycles. The lowest BCUT2D eigenvalue weighted by Crippen LogP contribution is -2.46. The number of aromatic nitrogens is 1. The molecule has 0 spiro atoms. The van der Waals surface area contributed by atoms with Crippen molar-refractivity contribution in [1.82, 2.24) is 15.2 Å². The van der Waals surface area contributed by atoms with E-state index in [0.29, 0.717) is 18.9 Å². The highest BCUT2D eigenvalue weighted by atomic mass is 127. The molecule has 2 aromatic rings. The predicted molar refractivity (Wildman–Crippen MR) is 132 cm³/mol. The highest BCUT2D eigenvalue weighted by molar-refractivity contribution is 14.0. The number of hydrogen-bond acceptors (Lipinski definition) is 5. The Morgan fingerprint density at radius 2 is 2.06 bits per heavy atom. The fourth-order valence-electron chi connectivity index (χ4n) is 3.44. The molecule has 0 unspecified atom stereocenters. The first-order valence-corrected chi connectivity index (χ1v) is 10.7. The Morgan fingerprint density at radius 1 is 1.28 bits per heavy atom. The van der Waals surface area contributed by atoms with Gasteiger partial charge in [-0.2, -0.15) is 0 Å². The molecule has 1 aromatic heterocycles. The number of piperidine rings is 1. The first-order chi connectivity index (χ1) is 15.1. The Bertz CT molecular complexity index is 890. The number of halogens is 2. The maximum absolute atomic E-state index is 14.5. The number of nitrogens with one attached hydrogen (secondary N) is 1. The molecule has 1 aliphatic rings. The third-order valence-corrected chi connectivity index (χ3v) is 5.02. The highest BCUT2D eigenvalue weighted by Crippen LogP contribution is 2.25. The smallest absolute Gasteiger partial charge is 0.309 e. The number of nitrogens with zero attached hydrogens (tertiary/aromatic N) is 3. The van der Waals surface area contributed by atoms with E-state index in [2.05, 4.69) is 20.2 Å². The standard InChI is InChI=1S/C23H29FN4O3.HI/c1-3-26-23(28-12-9-18(10-13-28)22(29)30-4-2)27-15-17-7-8-21(20(24)14-17)31-19-6-5-11-25-16-19;/h5-8,11,14,16,18H,3-4,9-10,12-13,15H2,1-2H3,(H,26,27);1H. The van der Waals surface area contributed by atoms with Gasteiger partial charge in [-0.25, -0.2) is 9.38 Å². The molecular weight excluding hydrogens is 526 g/mol. The van der Waals surface area contributed by atoms with E-state index in [-0.39, 0.29) is 41.6 Å². The summed E-state index contributed by atoms with van der Waals surface area (Å²) in [6.45, 7) is 6.75. The summed E-state index contributed by atoms with van der Waals surface area (Å²) in [6, 6.07) is 8.29. The molecule has 9 heteroatoms. The van der Waals surface area contributed by atoms with E-state index in [1.165, 1.54) is 12.3 Å². The zero-order chi connectivity index (χ0) is 22.1. The molecule has 1 N–H and O–H groups in total. The van der Waals surface area contributed by atoms with Gasteiger partial charge in [-0.05, 0) is 56.5 Å². The van der Waals surface area contributed by atoms with Crippen LogP contribution in [0.2, 0.25) is 0 Å². The molecule has 0 saturated carbocycles. The number of hydrogen-bond donors (Lipinski definition) is 1. The van der Waals surface area contributed by atoms with Crippen molar-refractivity contribution in [2.24, 2.45) is 10.9 Å².